The molecule has 1 N–H and O–H groups in total. The standard InChI is InChI=1S/C18H22N2O3S/c1-20(12-13-5-8-16(22-3)11-17(13)23-4)18(24)19-14-6-9-15(21-2)10-7-14/h5-11H,12H2,1-4H3,(H,19,24). The van der Waals surface area contributed by atoms with Gasteiger partial charge in [0.25, 0.3) is 0 Å². The van der Waals surface area contributed by atoms with Crippen LogP contribution >= 0.6 is 12.2 Å². The molecule has 0 heterocycles. The van der Waals surface area contributed by atoms with Gasteiger partial charge in [-0.25, -0.2) is 0 Å². The van der Waals surface area contributed by atoms with Gasteiger partial charge in [0.2, 0.25) is 0 Å². The Kier molecular flexibility index (Phi) is 6.26. The van der Waals surface area contributed by atoms with Crippen LogP contribution in [0.1, 0.15) is 5.56 Å². The van der Waals surface area contributed by atoms with Gasteiger partial charge >= 0.3 is 0 Å². The lowest BCUT2D eigenvalue weighted by Crippen LogP contribution is -2.30. The first-order chi connectivity index (χ1) is 11.6. The molecule has 0 saturated heterocycles. The van der Waals surface area contributed by atoms with Crippen molar-refractivity contribution in [1.82, 2.24) is 4.90 Å². The molecule has 5 nitrogen and oxygen atoms in total. The highest BCUT2D eigenvalue weighted by Crippen LogP contribution is 2.25. The van der Waals surface area contributed by atoms with E-state index in [-0.39, 0.29) is 0 Å². The van der Waals surface area contributed by atoms with Crippen LogP contribution in [0.3, 0.4) is 0 Å². The van der Waals surface area contributed by atoms with E-state index < -0.39 is 0 Å². The average Bonchev–Trinajstić information content (AvgIpc) is 2.62. The highest BCUT2D eigenvalue weighted by atomic mass is 32.1. The van der Waals surface area contributed by atoms with Crippen molar-refractivity contribution in [3.8, 4) is 17.2 Å². The van der Waals surface area contributed by atoms with E-state index in [4.69, 9.17) is 26.4 Å². The number of nitrogens with zero attached hydrogens (tertiary/aromatic N) is 1. The SMILES string of the molecule is COc1ccc(NC(=S)N(C)Cc2ccc(OC)cc2OC)cc1. The van der Waals surface area contributed by atoms with E-state index in [0.717, 1.165) is 28.5 Å². The Hall–Kier alpha value is -2.47. The zero-order chi connectivity index (χ0) is 17.5. The van der Waals surface area contributed by atoms with Crippen molar-refractivity contribution in [2.75, 3.05) is 33.7 Å². The molecule has 2 aromatic rings. The third-order valence-corrected chi connectivity index (χ3v) is 4.00. The summed E-state index contributed by atoms with van der Waals surface area (Å²) in [5.74, 6) is 2.34. The van der Waals surface area contributed by atoms with Crippen LogP contribution in [-0.4, -0.2) is 38.4 Å². The first-order valence-corrected chi connectivity index (χ1v) is 7.85. The smallest absolute Gasteiger partial charge is 0.173 e. The minimum Gasteiger partial charge on any atom is -0.497 e. The Balaban J connectivity index is 2.02. The van der Waals surface area contributed by atoms with Crippen molar-refractivity contribution in [2.45, 2.75) is 6.54 Å². The molecular weight excluding hydrogens is 324 g/mol. The highest BCUT2D eigenvalue weighted by Gasteiger charge is 2.10. The quantitative estimate of drug-likeness (QED) is 0.807. The predicted molar refractivity (Wildman–Crippen MR) is 100 cm³/mol. The monoisotopic (exact) mass is 346 g/mol. The van der Waals surface area contributed by atoms with Crippen LogP contribution in [0.5, 0.6) is 17.2 Å². The lowest BCUT2D eigenvalue weighted by Gasteiger charge is -2.22. The van der Waals surface area contributed by atoms with Crippen molar-refractivity contribution in [3.63, 3.8) is 0 Å². The molecule has 0 radical (unpaired) electrons. The fourth-order valence-electron chi connectivity index (χ4n) is 2.20. The molecule has 0 spiro atoms. The van der Waals surface area contributed by atoms with Gasteiger partial charge in [-0.2, -0.15) is 0 Å². The summed E-state index contributed by atoms with van der Waals surface area (Å²) in [6, 6.07) is 13.4. The zero-order valence-corrected chi connectivity index (χ0v) is 15.1. The maximum atomic E-state index is 5.47. The molecule has 0 atom stereocenters. The lowest BCUT2D eigenvalue weighted by atomic mass is 10.2. The molecule has 24 heavy (non-hydrogen) atoms. The van der Waals surface area contributed by atoms with Gasteiger partial charge in [0.15, 0.2) is 5.11 Å². The number of hydrogen-bond acceptors (Lipinski definition) is 4. The van der Waals surface area contributed by atoms with Crippen molar-refractivity contribution >= 4 is 23.0 Å². The predicted octanol–water partition coefficient (Wildman–Crippen LogP) is 3.54. The summed E-state index contributed by atoms with van der Waals surface area (Å²) in [6.45, 7) is 0.620. The highest BCUT2D eigenvalue weighted by molar-refractivity contribution is 7.80. The lowest BCUT2D eigenvalue weighted by molar-refractivity contribution is 0.384. The van der Waals surface area contributed by atoms with E-state index in [0.29, 0.717) is 11.7 Å². The topological polar surface area (TPSA) is 43.0 Å². The number of hydrogen-bond donors (Lipinski definition) is 1. The number of rotatable bonds is 6. The molecule has 6 heteroatoms. The van der Waals surface area contributed by atoms with Gasteiger partial charge in [-0.05, 0) is 48.6 Å². The minimum absolute atomic E-state index is 0.620. The van der Waals surface area contributed by atoms with Crippen LogP contribution in [0.4, 0.5) is 5.69 Å². The fraction of sp³-hybridized carbons (Fsp3) is 0.278. The Morgan fingerprint density at radius 1 is 0.958 bits per heavy atom. The van der Waals surface area contributed by atoms with Crippen LogP contribution in [0.2, 0.25) is 0 Å². The number of nitrogens with one attached hydrogen (secondary N) is 1. The number of anilines is 1. The molecule has 0 saturated carbocycles. The molecule has 0 fully saturated rings. The van der Waals surface area contributed by atoms with Crippen LogP contribution in [0.25, 0.3) is 0 Å². The molecule has 0 aliphatic carbocycles. The molecule has 128 valence electrons. The molecule has 2 aromatic carbocycles. The van der Waals surface area contributed by atoms with Crippen LogP contribution in [0, 0.1) is 0 Å². The number of benzene rings is 2. The van der Waals surface area contributed by atoms with E-state index in [9.17, 15) is 0 Å². The van der Waals surface area contributed by atoms with E-state index in [1.807, 2.05) is 54.4 Å². The summed E-state index contributed by atoms with van der Waals surface area (Å²) in [5.41, 5.74) is 1.94. The van der Waals surface area contributed by atoms with Crippen molar-refractivity contribution in [1.29, 1.82) is 0 Å². The number of thiocarbonyl (C=S) groups is 1. The van der Waals surface area contributed by atoms with Gasteiger partial charge in [0.05, 0.1) is 21.3 Å². The summed E-state index contributed by atoms with van der Waals surface area (Å²) in [4.78, 5) is 1.95. The Morgan fingerprint density at radius 3 is 2.17 bits per heavy atom. The van der Waals surface area contributed by atoms with E-state index >= 15 is 0 Å². The van der Waals surface area contributed by atoms with Crippen LogP contribution in [-0.2, 0) is 6.54 Å². The van der Waals surface area contributed by atoms with Gasteiger partial charge in [0, 0.05) is 30.9 Å². The van der Waals surface area contributed by atoms with Crippen molar-refractivity contribution in [2.24, 2.45) is 0 Å². The first kappa shape index (κ1) is 17.9. The first-order valence-electron chi connectivity index (χ1n) is 7.44. The van der Waals surface area contributed by atoms with Gasteiger partial charge in [-0.3, -0.25) is 0 Å². The molecule has 2 rings (SSSR count). The second kappa shape index (κ2) is 8.40. The minimum atomic E-state index is 0.620. The Bertz CT molecular complexity index is 689. The molecule has 0 bridgehead atoms. The fourth-order valence-corrected chi connectivity index (χ4v) is 2.39. The Labute approximate surface area is 148 Å². The average molecular weight is 346 g/mol. The van der Waals surface area contributed by atoms with E-state index in [1.54, 1.807) is 21.3 Å². The maximum absolute atomic E-state index is 5.47. The normalized spacial score (nSPS) is 10.0. The van der Waals surface area contributed by atoms with Crippen LogP contribution < -0.4 is 19.5 Å². The third-order valence-electron chi connectivity index (χ3n) is 3.59. The second-order valence-corrected chi connectivity index (χ2v) is 5.58. The van der Waals surface area contributed by atoms with Gasteiger partial charge in [-0.1, -0.05) is 0 Å². The third kappa shape index (κ3) is 4.52. The molecule has 0 amide bonds. The second-order valence-electron chi connectivity index (χ2n) is 5.19. The molecule has 0 aliphatic heterocycles. The summed E-state index contributed by atoms with van der Waals surface area (Å²) in [6.07, 6.45) is 0. The summed E-state index contributed by atoms with van der Waals surface area (Å²) in [7, 11) is 6.85. The van der Waals surface area contributed by atoms with Crippen molar-refractivity contribution in [3.05, 3.63) is 48.0 Å². The maximum Gasteiger partial charge on any atom is 0.173 e. The molecular formula is C18H22N2O3S. The molecule has 0 unspecified atom stereocenters. The summed E-state index contributed by atoms with van der Waals surface area (Å²) < 4.78 is 15.8. The summed E-state index contributed by atoms with van der Waals surface area (Å²) in [5, 5.41) is 3.83. The van der Waals surface area contributed by atoms with Gasteiger partial charge in [-0.15, -0.1) is 0 Å². The van der Waals surface area contributed by atoms with E-state index in [1.165, 1.54) is 0 Å². The molecule has 0 aliphatic rings. The Morgan fingerprint density at radius 2 is 1.58 bits per heavy atom. The number of ether oxygens (including phenoxy) is 3. The van der Waals surface area contributed by atoms with Crippen molar-refractivity contribution < 1.29 is 14.2 Å². The number of methoxy groups -OCH3 is 3. The summed E-state index contributed by atoms with van der Waals surface area (Å²) >= 11 is 5.47. The van der Waals surface area contributed by atoms with Gasteiger partial charge in [0.1, 0.15) is 17.2 Å². The van der Waals surface area contributed by atoms with Gasteiger partial charge < -0.3 is 24.4 Å². The molecule has 0 aromatic heterocycles. The zero-order valence-electron chi connectivity index (χ0n) is 14.3. The van der Waals surface area contributed by atoms with E-state index in [2.05, 4.69) is 5.32 Å². The van der Waals surface area contributed by atoms with Crippen LogP contribution in [0.15, 0.2) is 42.5 Å². The largest absolute Gasteiger partial charge is 0.497 e.